The summed E-state index contributed by atoms with van der Waals surface area (Å²) in [7, 11) is 1.81. The van der Waals surface area contributed by atoms with Gasteiger partial charge in [-0.05, 0) is 16.0 Å². The molecular weight excluding hydrogens is 190 g/mol. The molecule has 1 aromatic carbocycles. The quantitative estimate of drug-likeness (QED) is 0.786. The van der Waals surface area contributed by atoms with Crippen molar-refractivity contribution in [3.8, 4) is 0 Å². The van der Waals surface area contributed by atoms with Crippen molar-refractivity contribution < 1.29 is 0 Å². The molecule has 0 saturated heterocycles. The molecule has 0 amide bonds. The molecule has 2 aromatic rings. The van der Waals surface area contributed by atoms with Crippen LogP contribution < -0.4 is 5.73 Å². The third kappa shape index (κ3) is 2.19. The summed E-state index contributed by atoms with van der Waals surface area (Å²) in [6.07, 6.45) is 0.646. The number of nitrogens with zero attached hydrogens (tertiary/aromatic N) is 4. The van der Waals surface area contributed by atoms with Gasteiger partial charge < -0.3 is 5.73 Å². The molecule has 0 aliphatic rings. The summed E-state index contributed by atoms with van der Waals surface area (Å²) < 4.78 is 1.64. The van der Waals surface area contributed by atoms with Gasteiger partial charge in [-0.3, -0.25) is 0 Å². The van der Waals surface area contributed by atoms with Gasteiger partial charge in [0.1, 0.15) is 0 Å². The minimum Gasteiger partial charge on any atom is -0.324 e. The molecule has 0 fully saturated rings. The fourth-order valence-electron chi connectivity index (χ4n) is 1.44. The molecule has 1 unspecified atom stereocenters. The normalized spacial score (nSPS) is 12.7. The van der Waals surface area contributed by atoms with Gasteiger partial charge in [0.2, 0.25) is 0 Å². The molecule has 2 N–H and O–H groups in total. The highest BCUT2D eigenvalue weighted by Gasteiger charge is 2.10. The van der Waals surface area contributed by atoms with Crippen molar-refractivity contribution in [1.29, 1.82) is 0 Å². The minimum absolute atomic E-state index is 0.0594. The van der Waals surface area contributed by atoms with E-state index in [1.807, 2.05) is 37.4 Å². The molecule has 1 atom stereocenters. The molecule has 0 aliphatic heterocycles. The summed E-state index contributed by atoms with van der Waals surface area (Å²) in [6.45, 7) is 0. The molecule has 5 nitrogen and oxygen atoms in total. The highest BCUT2D eigenvalue weighted by Crippen LogP contribution is 2.13. The lowest BCUT2D eigenvalue weighted by Gasteiger charge is -2.10. The van der Waals surface area contributed by atoms with Gasteiger partial charge in [-0.25, -0.2) is 4.68 Å². The summed E-state index contributed by atoms with van der Waals surface area (Å²) >= 11 is 0. The smallest absolute Gasteiger partial charge is 0.152 e. The fourth-order valence-corrected chi connectivity index (χ4v) is 1.44. The van der Waals surface area contributed by atoms with E-state index in [9.17, 15) is 0 Å². The van der Waals surface area contributed by atoms with E-state index in [1.165, 1.54) is 0 Å². The number of aryl methyl sites for hydroxylation is 1. The molecule has 1 aromatic heterocycles. The number of hydrogen-bond acceptors (Lipinski definition) is 4. The van der Waals surface area contributed by atoms with Crippen molar-refractivity contribution >= 4 is 0 Å². The van der Waals surface area contributed by atoms with Crippen molar-refractivity contribution in [2.45, 2.75) is 12.5 Å². The zero-order chi connectivity index (χ0) is 10.7. The van der Waals surface area contributed by atoms with Gasteiger partial charge in [0.05, 0.1) is 0 Å². The van der Waals surface area contributed by atoms with Crippen molar-refractivity contribution in [3.05, 3.63) is 41.7 Å². The van der Waals surface area contributed by atoms with Crippen LogP contribution in [0.1, 0.15) is 17.4 Å². The highest BCUT2D eigenvalue weighted by atomic mass is 15.5. The van der Waals surface area contributed by atoms with Gasteiger partial charge in [-0.15, -0.1) is 5.10 Å². The maximum atomic E-state index is 6.05. The van der Waals surface area contributed by atoms with Crippen molar-refractivity contribution in [3.63, 3.8) is 0 Å². The standard InChI is InChI=1S/C10H13N5/c1-15-10(12-13-14-15)7-9(11)8-5-3-2-4-6-8/h2-6,9H,7,11H2,1H3. The van der Waals surface area contributed by atoms with Gasteiger partial charge in [-0.2, -0.15) is 0 Å². The average molecular weight is 203 g/mol. The Morgan fingerprint density at radius 3 is 2.67 bits per heavy atom. The second kappa shape index (κ2) is 4.18. The number of hydrogen-bond donors (Lipinski definition) is 1. The Kier molecular flexibility index (Phi) is 2.73. The van der Waals surface area contributed by atoms with E-state index >= 15 is 0 Å². The van der Waals surface area contributed by atoms with Crippen LogP contribution in [0.2, 0.25) is 0 Å². The molecular formula is C10H13N5. The van der Waals surface area contributed by atoms with E-state index < -0.39 is 0 Å². The van der Waals surface area contributed by atoms with Gasteiger partial charge in [0.25, 0.3) is 0 Å². The second-order valence-electron chi connectivity index (χ2n) is 3.44. The summed E-state index contributed by atoms with van der Waals surface area (Å²) in [5, 5.41) is 11.2. The monoisotopic (exact) mass is 203 g/mol. The van der Waals surface area contributed by atoms with E-state index in [0.29, 0.717) is 6.42 Å². The largest absolute Gasteiger partial charge is 0.324 e. The first-order valence-electron chi connectivity index (χ1n) is 4.79. The Hall–Kier alpha value is -1.75. The molecule has 0 radical (unpaired) electrons. The summed E-state index contributed by atoms with van der Waals surface area (Å²) in [5.74, 6) is 0.798. The average Bonchev–Trinajstić information content (AvgIpc) is 2.66. The minimum atomic E-state index is -0.0594. The second-order valence-corrected chi connectivity index (χ2v) is 3.44. The van der Waals surface area contributed by atoms with Crippen LogP contribution in [-0.2, 0) is 13.5 Å². The van der Waals surface area contributed by atoms with Crippen LogP contribution in [0.15, 0.2) is 30.3 Å². The number of benzene rings is 1. The zero-order valence-electron chi connectivity index (χ0n) is 8.54. The van der Waals surface area contributed by atoms with Gasteiger partial charge in [0, 0.05) is 19.5 Å². The molecule has 0 spiro atoms. The van der Waals surface area contributed by atoms with Crippen LogP contribution in [0, 0.1) is 0 Å². The Balaban J connectivity index is 2.11. The van der Waals surface area contributed by atoms with Crippen LogP contribution in [0.3, 0.4) is 0 Å². The van der Waals surface area contributed by atoms with E-state index in [-0.39, 0.29) is 6.04 Å². The maximum Gasteiger partial charge on any atom is 0.152 e. The summed E-state index contributed by atoms with van der Waals surface area (Å²) in [4.78, 5) is 0. The zero-order valence-corrected chi connectivity index (χ0v) is 8.54. The van der Waals surface area contributed by atoms with Gasteiger partial charge >= 0.3 is 0 Å². The van der Waals surface area contributed by atoms with E-state index in [0.717, 1.165) is 11.4 Å². The lowest BCUT2D eigenvalue weighted by atomic mass is 10.0. The predicted octanol–water partition coefficient (Wildman–Crippen LogP) is 0.453. The predicted molar refractivity (Wildman–Crippen MR) is 55.9 cm³/mol. The molecule has 1 heterocycles. The molecule has 2 rings (SSSR count). The van der Waals surface area contributed by atoms with E-state index in [2.05, 4.69) is 15.5 Å². The summed E-state index contributed by atoms with van der Waals surface area (Å²) in [6, 6.07) is 9.88. The molecule has 15 heavy (non-hydrogen) atoms. The molecule has 78 valence electrons. The third-order valence-corrected chi connectivity index (χ3v) is 2.34. The van der Waals surface area contributed by atoms with E-state index in [4.69, 9.17) is 5.73 Å². The topological polar surface area (TPSA) is 69.6 Å². The summed E-state index contributed by atoms with van der Waals surface area (Å²) in [5.41, 5.74) is 7.14. The van der Waals surface area contributed by atoms with Crippen LogP contribution in [0.4, 0.5) is 0 Å². The molecule has 0 saturated carbocycles. The van der Waals surface area contributed by atoms with Crippen LogP contribution in [0.25, 0.3) is 0 Å². The Bertz CT molecular complexity index is 422. The van der Waals surface area contributed by atoms with Crippen molar-refractivity contribution in [2.24, 2.45) is 12.8 Å². The third-order valence-electron chi connectivity index (χ3n) is 2.34. The van der Waals surface area contributed by atoms with E-state index in [1.54, 1.807) is 4.68 Å². The van der Waals surface area contributed by atoms with Crippen molar-refractivity contribution in [1.82, 2.24) is 20.2 Å². The Labute approximate surface area is 87.9 Å². The highest BCUT2D eigenvalue weighted by molar-refractivity contribution is 5.19. The first-order chi connectivity index (χ1) is 7.27. The van der Waals surface area contributed by atoms with Crippen LogP contribution in [-0.4, -0.2) is 20.2 Å². The molecule has 0 aliphatic carbocycles. The molecule has 5 heteroatoms. The lowest BCUT2D eigenvalue weighted by Crippen LogP contribution is -2.15. The first-order valence-corrected chi connectivity index (χ1v) is 4.79. The maximum absolute atomic E-state index is 6.05. The van der Waals surface area contributed by atoms with Crippen molar-refractivity contribution in [2.75, 3.05) is 0 Å². The Morgan fingerprint density at radius 2 is 2.07 bits per heavy atom. The number of aromatic nitrogens is 4. The van der Waals surface area contributed by atoms with Crippen LogP contribution in [0.5, 0.6) is 0 Å². The van der Waals surface area contributed by atoms with Crippen LogP contribution >= 0.6 is 0 Å². The van der Waals surface area contributed by atoms with Gasteiger partial charge in [-0.1, -0.05) is 30.3 Å². The number of nitrogens with two attached hydrogens (primary N) is 1. The fraction of sp³-hybridized carbons (Fsp3) is 0.300. The number of tetrazole rings is 1. The first kappa shape index (κ1) is 9.79. The number of rotatable bonds is 3. The Morgan fingerprint density at radius 1 is 1.33 bits per heavy atom. The lowest BCUT2D eigenvalue weighted by molar-refractivity contribution is 0.625. The molecule has 0 bridgehead atoms. The SMILES string of the molecule is Cn1nnnc1CC(N)c1ccccc1. The van der Waals surface area contributed by atoms with Gasteiger partial charge in [0.15, 0.2) is 5.82 Å².